The molecule has 0 saturated carbocycles. The zero-order valence-corrected chi connectivity index (χ0v) is 20.8. The standard InChI is InChI=1S/C29H45N3/c1-7-15-30(18-19-31-16-11-12-17-31)20-21-32-27-22-25(10-4)13-14-26(27)28(23(5)8-2)29(32)24(6)9-3/h7,9-10,13-14,22-24,28-29H,1,3-4,8,11-12,15-21H2,2,5-6H3. The minimum atomic E-state index is 0.436. The van der Waals surface area contributed by atoms with Crippen LogP contribution >= 0.6 is 0 Å². The fraction of sp³-hybridized carbons (Fsp3) is 0.586. The van der Waals surface area contributed by atoms with Crippen LogP contribution in [0.25, 0.3) is 6.08 Å². The van der Waals surface area contributed by atoms with E-state index < -0.39 is 0 Å². The van der Waals surface area contributed by atoms with Crippen LogP contribution in [0, 0.1) is 11.8 Å². The molecule has 3 heteroatoms. The molecule has 3 nitrogen and oxygen atoms in total. The Morgan fingerprint density at radius 2 is 1.81 bits per heavy atom. The molecule has 1 aromatic carbocycles. The molecule has 4 unspecified atom stereocenters. The molecule has 0 bridgehead atoms. The lowest BCUT2D eigenvalue weighted by Crippen LogP contribution is -2.45. The number of nitrogens with zero attached hydrogens (tertiary/aromatic N) is 3. The summed E-state index contributed by atoms with van der Waals surface area (Å²) < 4.78 is 0. The van der Waals surface area contributed by atoms with Gasteiger partial charge in [-0.05, 0) is 55.0 Å². The minimum absolute atomic E-state index is 0.436. The Morgan fingerprint density at radius 1 is 1.09 bits per heavy atom. The average molecular weight is 436 g/mol. The van der Waals surface area contributed by atoms with Gasteiger partial charge in [0.05, 0.1) is 0 Å². The first-order valence-corrected chi connectivity index (χ1v) is 12.7. The second kappa shape index (κ2) is 11.9. The zero-order valence-electron chi connectivity index (χ0n) is 20.8. The van der Waals surface area contributed by atoms with Gasteiger partial charge in [-0.3, -0.25) is 4.90 Å². The molecular weight excluding hydrogens is 390 g/mol. The Kier molecular flexibility index (Phi) is 9.19. The van der Waals surface area contributed by atoms with E-state index in [0.29, 0.717) is 23.8 Å². The third-order valence-electron chi connectivity index (χ3n) is 7.83. The molecule has 176 valence electrons. The highest BCUT2D eigenvalue weighted by molar-refractivity contribution is 5.67. The summed E-state index contributed by atoms with van der Waals surface area (Å²) in [5, 5.41) is 0. The number of rotatable bonds is 13. The molecule has 2 aliphatic heterocycles. The van der Waals surface area contributed by atoms with E-state index in [1.54, 1.807) is 0 Å². The predicted molar refractivity (Wildman–Crippen MR) is 142 cm³/mol. The monoisotopic (exact) mass is 435 g/mol. The summed E-state index contributed by atoms with van der Waals surface area (Å²) >= 11 is 0. The van der Waals surface area contributed by atoms with E-state index in [2.05, 4.69) is 85.6 Å². The van der Waals surface area contributed by atoms with Gasteiger partial charge in [-0.2, -0.15) is 0 Å². The van der Waals surface area contributed by atoms with E-state index >= 15 is 0 Å². The highest BCUT2D eigenvalue weighted by Gasteiger charge is 2.42. The Hall–Kier alpha value is -1.84. The van der Waals surface area contributed by atoms with E-state index in [4.69, 9.17) is 0 Å². The van der Waals surface area contributed by atoms with Crippen molar-refractivity contribution in [2.24, 2.45) is 11.8 Å². The summed E-state index contributed by atoms with van der Waals surface area (Å²) in [7, 11) is 0. The number of hydrogen-bond acceptors (Lipinski definition) is 3. The molecule has 2 aliphatic rings. The Balaban J connectivity index is 1.83. The second-order valence-electron chi connectivity index (χ2n) is 9.85. The molecule has 0 aromatic heterocycles. The molecule has 1 fully saturated rings. The van der Waals surface area contributed by atoms with Crippen LogP contribution < -0.4 is 4.90 Å². The summed E-state index contributed by atoms with van der Waals surface area (Å²) in [6.07, 6.45) is 10.1. The van der Waals surface area contributed by atoms with Crippen LogP contribution in [0.1, 0.15) is 57.1 Å². The maximum Gasteiger partial charge on any atom is 0.0422 e. The van der Waals surface area contributed by atoms with Crippen molar-refractivity contribution in [2.75, 3.05) is 50.7 Å². The van der Waals surface area contributed by atoms with Crippen LogP contribution in [0.5, 0.6) is 0 Å². The minimum Gasteiger partial charge on any atom is -0.366 e. The molecule has 3 rings (SSSR count). The first kappa shape index (κ1) is 24.8. The third kappa shape index (κ3) is 5.55. The summed E-state index contributed by atoms with van der Waals surface area (Å²) in [5.74, 6) is 1.62. The molecule has 0 N–H and O–H groups in total. The lowest BCUT2D eigenvalue weighted by Gasteiger charge is -2.37. The van der Waals surface area contributed by atoms with Crippen molar-refractivity contribution in [3.63, 3.8) is 0 Å². The average Bonchev–Trinajstić information content (AvgIpc) is 3.45. The Labute approximate surface area is 197 Å². The highest BCUT2D eigenvalue weighted by atomic mass is 15.3. The van der Waals surface area contributed by atoms with E-state index in [1.807, 2.05) is 6.08 Å². The lowest BCUT2D eigenvalue weighted by atomic mass is 9.78. The molecule has 1 saturated heterocycles. The normalized spacial score (nSPS) is 22.7. The van der Waals surface area contributed by atoms with E-state index in [0.717, 1.165) is 26.2 Å². The number of hydrogen-bond donors (Lipinski definition) is 0. The summed E-state index contributed by atoms with van der Waals surface area (Å²) in [6, 6.07) is 7.42. The highest BCUT2D eigenvalue weighted by Crippen LogP contribution is 2.48. The van der Waals surface area contributed by atoms with Crippen LogP contribution in [-0.2, 0) is 0 Å². The molecule has 2 heterocycles. The van der Waals surface area contributed by atoms with Gasteiger partial charge in [-0.1, -0.05) is 64.1 Å². The molecular formula is C29H45N3. The van der Waals surface area contributed by atoms with Gasteiger partial charge in [0, 0.05) is 50.4 Å². The molecule has 0 spiro atoms. The van der Waals surface area contributed by atoms with Crippen molar-refractivity contribution in [2.45, 2.75) is 52.0 Å². The van der Waals surface area contributed by atoms with Gasteiger partial charge >= 0.3 is 0 Å². The fourth-order valence-electron chi connectivity index (χ4n) is 5.69. The topological polar surface area (TPSA) is 9.72 Å². The molecule has 32 heavy (non-hydrogen) atoms. The van der Waals surface area contributed by atoms with Gasteiger partial charge < -0.3 is 9.80 Å². The van der Waals surface area contributed by atoms with Crippen molar-refractivity contribution < 1.29 is 0 Å². The Morgan fingerprint density at radius 3 is 2.44 bits per heavy atom. The Bertz CT molecular complexity index is 764. The van der Waals surface area contributed by atoms with Crippen LogP contribution in [0.4, 0.5) is 5.69 Å². The van der Waals surface area contributed by atoms with Crippen molar-refractivity contribution in [3.8, 4) is 0 Å². The van der Waals surface area contributed by atoms with Crippen molar-refractivity contribution in [1.82, 2.24) is 9.80 Å². The van der Waals surface area contributed by atoms with Gasteiger partial charge in [-0.25, -0.2) is 0 Å². The van der Waals surface area contributed by atoms with E-state index in [1.165, 1.54) is 55.7 Å². The second-order valence-corrected chi connectivity index (χ2v) is 9.85. The number of likely N-dealkylation sites (tertiary alicyclic amines) is 1. The van der Waals surface area contributed by atoms with Gasteiger partial charge in [0.1, 0.15) is 0 Å². The van der Waals surface area contributed by atoms with Crippen LogP contribution in [0.2, 0.25) is 0 Å². The predicted octanol–water partition coefficient (Wildman–Crippen LogP) is 6.05. The quantitative estimate of drug-likeness (QED) is 0.349. The lowest BCUT2D eigenvalue weighted by molar-refractivity contribution is 0.240. The first-order chi connectivity index (χ1) is 15.5. The molecule has 0 aliphatic carbocycles. The smallest absolute Gasteiger partial charge is 0.0422 e. The number of anilines is 1. The largest absolute Gasteiger partial charge is 0.366 e. The zero-order chi connectivity index (χ0) is 23.1. The van der Waals surface area contributed by atoms with Crippen LogP contribution in [0.15, 0.2) is 50.1 Å². The van der Waals surface area contributed by atoms with Gasteiger partial charge in [0.15, 0.2) is 0 Å². The van der Waals surface area contributed by atoms with Gasteiger partial charge in [-0.15, -0.1) is 13.2 Å². The van der Waals surface area contributed by atoms with Crippen molar-refractivity contribution in [1.29, 1.82) is 0 Å². The fourth-order valence-corrected chi connectivity index (χ4v) is 5.69. The maximum atomic E-state index is 4.18. The van der Waals surface area contributed by atoms with Gasteiger partial charge in [0.25, 0.3) is 0 Å². The summed E-state index contributed by atoms with van der Waals surface area (Å²) in [5.41, 5.74) is 4.13. The molecule has 0 amide bonds. The third-order valence-corrected chi connectivity index (χ3v) is 7.83. The van der Waals surface area contributed by atoms with Crippen LogP contribution in [0.3, 0.4) is 0 Å². The van der Waals surface area contributed by atoms with Gasteiger partial charge in [0.2, 0.25) is 0 Å². The molecule has 4 atom stereocenters. The van der Waals surface area contributed by atoms with E-state index in [9.17, 15) is 0 Å². The maximum absolute atomic E-state index is 4.18. The molecule has 1 aromatic rings. The van der Waals surface area contributed by atoms with E-state index in [-0.39, 0.29) is 0 Å². The number of benzene rings is 1. The number of fused-ring (bicyclic) bond motifs is 1. The SMILES string of the molecule is C=CCN(CCN1CCCC1)CCN1c2cc(C=C)ccc2C(C(C)CC)C1C(C)C=C. The van der Waals surface area contributed by atoms with Crippen molar-refractivity contribution >= 4 is 11.8 Å². The first-order valence-electron chi connectivity index (χ1n) is 12.7. The summed E-state index contributed by atoms with van der Waals surface area (Å²) in [6.45, 7) is 27.2. The van der Waals surface area contributed by atoms with Crippen LogP contribution in [-0.4, -0.2) is 61.7 Å². The van der Waals surface area contributed by atoms with Crippen molar-refractivity contribution in [3.05, 3.63) is 61.2 Å². The molecule has 0 radical (unpaired) electrons. The summed E-state index contributed by atoms with van der Waals surface area (Å²) in [4.78, 5) is 7.88.